The second kappa shape index (κ2) is 7.28. The molecule has 2 rings (SSSR count). The molecule has 0 saturated carbocycles. The smallest absolute Gasteiger partial charge is 0.315 e. The molecule has 0 spiro atoms. The van der Waals surface area contributed by atoms with Crippen LogP contribution in [0.5, 0.6) is 5.75 Å². The third-order valence-corrected chi connectivity index (χ3v) is 3.17. The number of carbonyl (C=O) groups is 1. The van der Waals surface area contributed by atoms with Crippen LogP contribution in [0.15, 0.2) is 48.8 Å². The lowest BCUT2D eigenvalue weighted by atomic mass is 10.1. The molecule has 0 aliphatic rings. The highest BCUT2D eigenvalue weighted by Gasteiger charge is 2.08. The lowest BCUT2D eigenvalue weighted by Crippen LogP contribution is -2.36. The minimum atomic E-state index is -0.199. The molecule has 5 heteroatoms. The largest absolute Gasteiger partial charge is 0.497 e. The van der Waals surface area contributed by atoms with Gasteiger partial charge in [0, 0.05) is 18.9 Å². The second-order valence-corrected chi connectivity index (χ2v) is 4.68. The quantitative estimate of drug-likeness (QED) is 0.887. The first-order valence-electron chi connectivity index (χ1n) is 6.76. The Hall–Kier alpha value is -2.56. The minimum Gasteiger partial charge on any atom is -0.497 e. The van der Waals surface area contributed by atoms with Crippen LogP contribution in [0, 0.1) is 0 Å². The number of amides is 2. The van der Waals surface area contributed by atoms with Gasteiger partial charge in [0.1, 0.15) is 5.75 Å². The van der Waals surface area contributed by atoms with E-state index in [2.05, 4.69) is 15.6 Å². The highest BCUT2D eigenvalue weighted by atomic mass is 16.5. The van der Waals surface area contributed by atoms with Gasteiger partial charge in [-0.15, -0.1) is 0 Å². The van der Waals surface area contributed by atoms with Crippen molar-refractivity contribution in [1.29, 1.82) is 0 Å². The van der Waals surface area contributed by atoms with Crippen molar-refractivity contribution in [1.82, 2.24) is 15.6 Å². The Labute approximate surface area is 124 Å². The molecular weight excluding hydrogens is 266 g/mol. The van der Waals surface area contributed by atoms with E-state index in [1.807, 2.05) is 43.3 Å². The van der Waals surface area contributed by atoms with E-state index in [0.29, 0.717) is 6.54 Å². The molecular formula is C16H19N3O2. The van der Waals surface area contributed by atoms with Gasteiger partial charge >= 0.3 is 6.03 Å². The molecule has 110 valence electrons. The molecule has 0 radical (unpaired) electrons. The average molecular weight is 285 g/mol. The summed E-state index contributed by atoms with van der Waals surface area (Å²) in [7, 11) is 1.63. The maximum absolute atomic E-state index is 11.9. The van der Waals surface area contributed by atoms with E-state index in [4.69, 9.17) is 4.74 Å². The number of nitrogens with zero attached hydrogens (tertiary/aromatic N) is 1. The van der Waals surface area contributed by atoms with Crippen molar-refractivity contribution in [2.75, 3.05) is 7.11 Å². The van der Waals surface area contributed by atoms with E-state index in [-0.39, 0.29) is 12.1 Å². The molecule has 21 heavy (non-hydrogen) atoms. The lowest BCUT2D eigenvalue weighted by Gasteiger charge is -2.15. The number of pyridine rings is 1. The Kier molecular flexibility index (Phi) is 5.15. The highest BCUT2D eigenvalue weighted by Crippen LogP contribution is 2.11. The van der Waals surface area contributed by atoms with Gasteiger partial charge in [-0.25, -0.2) is 4.79 Å². The third kappa shape index (κ3) is 4.49. The van der Waals surface area contributed by atoms with Gasteiger partial charge in [0.25, 0.3) is 0 Å². The van der Waals surface area contributed by atoms with Crippen LogP contribution in [-0.2, 0) is 6.54 Å². The molecule has 0 unspecified atom stereocenters. The topological polar surface area (TPSA) is 63.2 Å². The number of nitrogens with one attached hydrogen (secondary N) is 2. The van der Waals surface area contributed by atoms with Gasteiger partial charge in [-0.1, -0.05) is 12.1 Å². The Bertz CT molecular complexity index is 570. The molecule has 1 aromatic heterocycles. The summed E-state index contributed by atoms with van der Waals surface area (Å²) in [4.78, 5) is 15.8. The maximum Gasteiger partial charge on any atom is 0.315 e. The fourth-order valence-electron chi connectivity index (χ4n) is 1.91. The number of rotatable bonds is 5. The Morgan fingerprint density at radius 3 is 2.48 bits per heavy atom. The molecule has 1 heterocycles. The SMILES string of the molecule is COc1ccc(CNC(=O)N[C@H](C)c2ccncc2)cc1. The predicted molar refractivity (Wildman–Crippen MR) is 81.0 cm³/mol. The molecule has 1 aromatic carbocycles. The van der Waals surface area contributed by atoms with Gasteiger partial charge in [0.2, 0.25) is 0 Å². The number of urea groups is 1. The number of methoxy groups -OCH3 is 1. The van der Waals surface area contributed by atoms with Crippen LogP contribution in [0.2, 0.25) is 0 Å². The van der Waals surface area contributed by atoms with Crippen molar-refractivity contribution in [3.63, 3.8) is 0 Å². The zero-order valence-corrected chi connectivity index (χ0v) is 12.2. The zero-order valence-electron chi connectivity index (χ0n) is 12.2. The van der Waals surface area contributed by atoms with E-state index < -0.39 is 0 Å². The monoisotopic (exact) mass is 285 g/mol. The predicted octanol–water partition coefficient (Wildman–Crippen LogP) is 2.65. The third-order valence-electron chi connectivity index (χ3n) is 3.17. The zero-order chi connectivity index (χ0) is 15.1. The number of ether oxygens (including phenoxy) is 1. The molecule has 0 bridgehead atoms. The fraction of sp³-hybridized carbons (Fsp3) is 0.250. The second-order valence-electron chi connectivity index (χ2n) is 4.68. The van der Waals surface area contributed by atoms with Crippen molar-refractivity contribution in [2.24, 2.45) is 0 Å². The molecule has 2 aromatic rings. The van der Waals surface area contributed by atoms with Gasteiger partial charge in [-0.2, -0.15) is 0 Å². The normalized spacial score (nSPS) is 11.5. The Morgan fingerprint density at radius 1 is 1.19 bits per heavy atom. The molecule has 0 saturated heterocycles. The summed E-state index contributed by atoms with van der Waals surface area (Å²) in [5, 5.41) is 5.72. The van der Waals surface area contributed by atoms with Gasteiger partial charge in [0.05, 0.1) is 13.2 Å². The van der Waals surface area contributed by atoms with E-state index in [1.165, 1.54) is 0 Å². The van der Waals surface area contributed by atoms with Crippen molar-refractivity contribution in [3.05, 3.63) is 59.9 Å². The number of hydrogen-bond acceptors (Lipinski definition) is 3. The first-order valence-corrected chi connectivity index (χ1v) is 6.76. The fourth-order valence-corrected chi connectivity index (χ4v) is 1.91. The minimum absolute atomic E-state index is 0.0659. The van der Waals surface area contributed by atoms with Crippen molar-refractivity contribution < 1.29 is 9.53 Å². The maximum atomic E-state index is 11.9. The van der Waals surface area contributed by atoms with Gasteiger partial charge < -0.3 is 15.4 Å². The van der Waals surface area contributed by atoms with E-state index >= 15 is 0 Å². The molecule has 0 aliphatic heterocycles. The van der Waals surface area contributed by atoms with Crippen LogP contribution in [0.4, 0.5) is 4.79 Å². The molecule has 2 N–H and O–H groups in total. The van der Waals surface area contributed by atoms with Crippen LogP contribution >= 0.6 is 0 Å². The molecule has 0 aliphatic carbocycles. The van der Waals surface area contributed by atoms with Crippen LogP contribution in [0.25, 0.3) is 0 Å². The summed E-state index contributed by atoms with van der Waals surface area (Å²) < 4.78 is 5.09. The molecule has 1 atom stereocenters. The van der Waals surface area contributed by atoms with Gasteiger partial charge in [-0.05, 0) is 42.3 Å². The van der Waals surface area contributed by atoms with E-state index in [0.717, 1.165) is 16.9 Å². The van der Waals surface area contributed by atoms with Crippen LogP contribution in [-0.4, -0.2) is 18.1 Å². The summed E-state index contributed by atoms with van der Waals surface area (Å²) in [5.74, 6) is 0.800. The van der Waals surface area contributed by atoms with Gasteiger partial charge in [-0.3, -0.25) is 4.98 Å². The van der Waals surface area contributed by atoms with Crippen molar-refractivity contribution in [3.8, 4) is 5.75 Å². The van der Waals surface area contributed by atoms with E-state index in [9.17, 15) is 4.79 Å². The molecule has 2 amide bonds. The summed E-state index contributed by atoms with van der Waals surface area (Å²) in [6.07, 6.45) is 3.42. The first-order chi connectivity index (χ1) is 10.2. The van der Waals surface area contributed by atoms with Crippen LogP contribution in [0.3, 0.4) is 0 Å². The molecule has 5 nitrogen and oxygen atoms in total. The molecule has 0 fully saturated rings. The van der Waals surface area contributed by atoms with Crippen LogP contribution in [0.1, 0.15) is 24.1 Å². The standard InChI is InChI=1S/C16H19N3O2/c1-12(14-7-9-17-10-8-14)19-16(20)18-11-13-3-5-15(21-2)6-4-13/h3-10,12H,11H2,1-2H3,(H2,18,19,20)/t12-/m1/s1. The van der Waals surface area contributed by atoms with Crippen molar-refractivity contribution in [2.45, 2.75) is 19.5 Å². The Morgan fingerprint density at radius 2 is 1.86 bits per heavy atom. The first kappa shape index (κ1) is 14.8. The van der Waals surface area contributed by atoms with Crippen molar-refractivity contribution >= 4 is 6.03 Å². The Balaban J connectivity index is 1.81. The summed E-state index contributed by atoms with van der Waals surface area (Å²) in [6, 6.07) is 11.1. The van der Waals surface area contributed by atoms with E-state index in [1.54, 1.807) is 19.5 Å². The number of hydrogen-bond donors (Lipinski definition) is 2. The van der Waals surface area contributed by atoms with Gasteiger partial charge in [0.15, 0.2) is 0 Å². The lowest BCUT2D eigenvalue weighted by molar-refractivity contribution is 0.237. The summed E-state index contributed by atoms with van der Waals surface area (Å²) in [6.45, 7) is 2.40. The number of benzene rings is 1. The summed E-state index contributed by atoms with van der Waals surface area (Å²) in [5.41, 5.74) is 2.03. The highest BCUT2D eigenvalue weighted by molar-refractivity contribution is 5.74. The van der Waals surface area contributed by atoms with Crippen LogP contribution < -0.4 is 15.4 Å². The number of aromatic nitrogens is 1. The number of carbonyl (C=O) groups excluding carboxylic acids is 1. The summed E-state index contributed by atoms with van der Waals surface area (Å²) >= 11 is 0. The average Bonchev–Trinajstić information content (AvgIpc) is 2.54.